The summed E-state index contributed by atoms with van der Waals surface area (Å²) in [6.45, 7) is 6.83. The molecule has 0 saturated carbocycles. The van der Waals surface area contributed by atoms with Crippen LogP contribution in [0.2, 0.25) is 0 Å². The average molecular weight is 443 g/mol. The number of nitrogens with zero attached hydrogens (tertiary/aromatic N) is 1. The molecule has 8 nitrogen and oxygen atoms in total. The molecule has 2 aromatic rings. The van der Waals surface area contributed by atoms with E-state index in [0.717, 1.165) is 44.0 Å². The third-order valence-electron chi connectivity index (χ3n) is 4.86. The van der Waals surface area contributed by atoms with E-state index < -0.39 is 11.9 Å². The second-order valence-electron chi connectivity index (χ2n) is 7.89. The summed E-state index contributed by atoms with van der Waals surface area (Å²) in [5, 5.41) is 17.8. The highest BCUT2D eigenvalue weighted by molar-refractivity contribution is 6.27. The van der Waals surface area contributed by atoms with Gasteiger partial charge in [0.25, 0.3) is 0 Å². The fraction of sp³-hybridized carbons (Fsp3) is 0.375. The first kappa shape index (κ1) is 24.9. The molecule has 3 N–H and O–H groups in total. The maximum Gasteiger partial charge on any atom is 0.414 e. The predicted molar refractivity (Wildman–Crippen MR) is 120 cm³/mol. The molecule has 8 heteroatoms. The normalized spacial score (nSPS) is 14.2. The fourth-order valence-electron chi connectivity index (χ4n) is 3.35. The number of carboxylic acid groups (broad SMARTS) is 2. The summed E-state index contributed by atoms with van der Waals surface area (Å²) < 4.78 is 5.92. The molecule has 3 rings (SSSR count). The van der Waals surface area contributed by atoms with Crippen molar-refractivity contribution in [1.82, 2.24) is 10.2 Å². The molecule has 0 radical (unpaired) electrons. The Morgan fingerprint density at radius 2 is 1.56 bits per heavy atom. The molecular weight excluding hydrogens is 412 g/mol. The number of hydrogen-bond donors (Lipinski definition) is 3. The van der Waals surface area contributed by atoms with Crippen LogP contribution in [0.3, 0.4) is 0 Å². The van der Waals surface area contributed by atoms with E-state index in [1.54, 1.807) is 0 Å². The van der Waals surface area contributed by atoms with E-state index in [9.17, 15) is 4.79 Å². The Hall–Kier alpha value is -3.39. The monoisotopic (exact) mass is 442 g/mol. The molecule has 1 aliphatic heterocycles. The Morgan fingerprint density at radius 1 is 0.969 bits per heavy atom. The second-order valence-corrected chi connectivity index (χ2v) is 7.89. The van der Waals surface area contributed by atoms with Crippen LogP contribution < -0.4 is 10.1 Å². The Balaban J connectivity index is 0.000000534. The lowest BCUT2D eigenvalue weighted by atomic mass is 9.95. The molecule has 0 atom stereocenters. The lowest BCUT2D eigenvalue weighted by Gasteiger charge is -2.31. The molecule has 0 unspecified atom stereocenters. The van der Waals surface area contributed by atoms with Crippen molar-refractivity contribution in [2.75, 3.05) is 13.1 Å². The van der Waals surface area contributed by atoms with Gasteiger partial charge in [-0.3, -0.25) is 9.69 Å². The summed E-state index contributed by atoms with van der Waals surface area (Å²) in [4.78, 5) is 32.8. The first-order chi connectivity index (χ1) is 15.2. The van der Waals surface area contributed by atoms with E-state index in [2.05, 4.69) is 22.3 Å². The zero-order valence-electron chi connectivity index (χ0n) is 18.4. The van der Waals surface area contributed by atoms with Crippen molar-refractivity contribution in [3.63, 3.8) is 0 Å². The molecule has 1 heterocycles. The van der Waals surface area contributed by atoms with E-state index in [0.29, 0.717) is 0 Å². The van der Waals surface area contributed by atoms with Crippen molar-refractivity contribution in [3.05, 3.63) is 60.2 Å². The quantitative estimate of drug-likeness (QED) is 0.587. The van der Waals surface area contributed by atoms with Crippen LogP contribution in [0.25, 0.3) is 0 Å². The lowest BCUT2D eigenvalue weighted by Crippen LogP contribution is -2.42. The third kappa shape index (κ3) is 8.77. The van der Waals surface area contributed by atoms with Crippen molar-refractivity contribution in [2.24, 2.45) is 5.92 Å². The highest BCUT2D eigenvalue weighted by Crippen LogP contribution is 2.24. The SMILES string of the molecule is CC(C)NC(=O)C1CCN(Cc2cccc(Oc3ccccc3)c2)CC1.O=C(O)C(=O)O. The summed E-state index contributed by atoms with van der Waals surface area (Å²) in [6.07, 6.45) is 1.86. The summed E-state index contributed by atoms with van der Waals surface area (Å²) in [6, 6.07) is 18.3. The minimum Gasteiger partial charge on any atom is -0.473 e. The summed E-state index contributed by atoms with van der Waals surface area (Å²) in [5.74, 6) is -1.58. The van der Waals surface area contributed by atoms with Crippen molar-refractivity contribution in [3.8, 4) is 11.5 Å². The van der Waals surface area contributed by atoms with Gasteiger partial charge in [0.15, 0.2) is 0 Å². The fourth-order valence-corrected chi connectivity index (χ4v) is 3.35. The van der Waals surface area contributed by atoms with Gasteiger partial charge in [0.2, 0.25) is 5.91 Å². The molecule has 1 fully saturated rings. The van der Waals surface area contributed by atoms with Crippen molar-refractivity contribution < 1.29 is 29.3 Å². The molecule has 0 bridgehead atoms. The number of aliphatic carboxylic acids is 2. The van der Waals surface area contributed by atoms with Gasteiger partial charge in [-0.05, 0) is 69.6 Å². The van der Waals surface area contributed by atoms with Crippen molar-refractivity contribution in [1.29, 1.82) is 0 Å². The molecule has 0 spiro atoms. The minimum atomic E-state index is -1.82. The number of amides is 1. The van der Waals surface area contributed by atoms with Gasteiger partial charge in [0.1, 0.15) is 11.5 Å². The van der Waals surface area contributed by atoms with Gasteiger partial charge in [0.05, 0.1) is 0 Å². The van der Waals surface area contributed by atoms with Gasteiger partial charge in [-0.1, -0.05) is 30.3 Å². The molecule has 0 aliphatic carbocycles. The maximum atomic E-state index is 12.1. The largest absolute Gasteiger partial charge is 0.473 e. The zero-order chi connectivity index (χ0) is 23.5. The number of nitrogens with one attached hydrogen (secondary N) is 1. The Labute approximate surface area is 187 Å². The number of carboxylic acids is 2. The number of likely N-dealkylation sites (tertiary alicyclic amines) is 1. The maximum absolute atomic E-state index is 12.1. The molecule has 2 aromatic carbocycles. The molecule has 32 heavy (non-hydrogen) atoms. The average Bonchev–Trinajstić information content (AvgIpc) is 2.75. The van der Waals surface area contributed by atoms with Crippen LogP contribution in [-0.2, 0) is 20.9 Å². The molecule has 172 valence electrons. The van der Waals surface area contributed by atoms with Crippen LogP contribution in [-0.4, -0.2) is 52.1 Å². The van der Waals surface area contributed by atoms with Gasteiger partial charge in [-0.25, -0.2) is 9.59 Å². The summed E-state index contributed by atoms with van der Waals surface area (Å²) in [7, 11) is 0. The van der Waals surface area contributed by atoms with E-state index >= 15 is 0 Å². The third-order valence-corrected chi connectivity index (χ3v) is 4.86. The number of piperidine rings is 1. The summed E-state index contributed by atoms with van der Waals surface area (Å²) in [5.41, 5.74) is 1.24. The Bertz CT molecular complexity index is 880. The predicted octanol–water partition coefficient (Wildman–Crippen LogP) is 3.37. The van der Waals surface area contributed by atoms with Crippen LogP contribution in [0.15, 0.2) is 54.6 Å². The van der Waals surface area contributed by atoms with Crippen LogP contribution in [0.1, 0.15) is 32.3 Å². The number of ether oxygens (including phenoxy) is 1. The second kappa shape index (κ2) is 12.5. The Kier molecular flexibility index (Phi) is 9.69. The molecule has 1 amide bonds. The molecule has 1 aliphatic rings. The van der Waals surface area contributed by atoms with Gasteiger partial charge >= 0.3 is 11.9 Å². The van der Waals surface area contributed by atoms with Crippen LogP contribution in [0.4, 0.5) is 0 Å². The van der Waals surface area contributed by atoms with Crippen molar-refractivity contribution in [2.45, 2.75) is 39.3 Å². The number of hydrogen-bond acceptors (Lipinski definition) is 5. The standard InChI is InChI=1S/C22H28N2O2.C2H2O4/c1-17(2)23-22(25)19-11-13-24(14-12-19)16-18-7-6-10-21(15-18)26-20-8-4-3-5-9-20;3-1(4)2(5)6/h3-10,15,17,19H,11-14,16H2,1-2H3,(H,23,25);(H,3,4)(H,5,6). The van der Waals surface area contributed by atoms with Gasteiger partial charge in [-0.2, -0.15) is 0 Å². The minimum absolute atomic E-state index is 0.154. The number of carbonyl (C=O) groups excluding carboxylic acids is 1. The topological polar surface area (TPSA) is 116 Å². The molecule has 1 saturated heterocycles. The lowest BCUT2D eigenvalue weighted by molar-refractivity contribution is -0.159. The number of para-hydroxylation sites is 1. The number of benzene rings is 2. The zero-order valence-corrected chi connectivity index (χ0v) is 18.4. The van der Waals surface area contributed by atoms with Gasteiger partial charge in [0, 0.05) is 18.5 Å². The number of rotatable bonds is 6. The van der Waals surface area contributed by atoms with E-state index in [4.69, 9.17) is 24.5 Å². The van der Waals surface area contributed by atoms with Crippen molar-refractivity contribution >= 4 is 17.8 Å². The number of carbonyl (C=O) groups is 3. The van der Waals surface area contributed by atoms with Gasteiger partial charge in [-0.15, -0.1) is 0 Å². The Morgan fingerprint density at radius 3 is 2.12 bits per heavy atom. The molecular formula is C24H30N2O6. The van der Waals surface area contributed by atoms with E-state index in [1.165, 1.54) is 5.56 Å². The first-order valence-corrected chi connectivity index (χ1v) is 10.6. The highest BCUT2D eigenvalue weighted by Gasteiger charge is 2.25. The smallest absolute Gasteiger partial charge is 0.414 e. The van der Waals surface area contributed by atoms with E-state index in [1.807, 2.05) is 56.3 Å². The first-order valence-electron chi connectivity index (χ1n) is 10.6. The van der Waals surface area contributed by atoms with E-state index in [-0.39, 0.29) is 17.9 Å². The van der Waals surface area contributed by atoms with Crippen LogP contribution in [0, 0.1) is 5.92 Å². The molecule has 0 aromatic heterocycles. The highest BCUT2D eigenvalue weighted by atomic mass is 16.5. The van der Waals surface area contributed by atoms with Crippen LogP contribution in [0.5, 0.6) is 11.5 Å². The van der Waals surface area contributed by atoms with Crippen LogP contribution >= 0.6 is 0 Å². The van der Waals surface area contributed by atoms with Gasteiger partial charge < -0.3 is 20.3 Å². The summed E-state index contributed by atoms with van der Waals surface area (Å²) >= 11 is 0.